The lowest BCUT2D eigenvalue weighted by molar-refractivity contribution is -0.123. The van der Waals surface area contributed by atoms with Gasteiger partial charge in [-0.3, -0.25) is 9.69 Å². The molecule has 2 aliphatic rings. The molecule has 2 N–H and O–H groups in total. The second-order valence-electron chi connectivity index (χ2n) is 6.48. The molecule has 0 unspecified atom stereocenters. The molecule has 2 fully saturated rings. The third kappa shape index (κ3) is 3.49. The van der Waals surface area contributed by atoms with Gasteiger partial charge in [0.15, 0.2) is 11.6 Å². The molecule has 0 spiro atoms. The minimum Gasteiger partial charge on any atom is -0.494 e. The van der Waals surface area contributed by atoms with Crippen LogP contribution in [0.4, 0.5) is 4.39 Å². The molecule has 1 amide bonds. The normalized spacial score (nSPS) is 21.0. The van der Waals surface area contributed by atoms with Crippen molar-refractivity contribution in [3.05, 3.63) is 24.0 Å². The summed E-state index contributed by atoms with van der Waals surface area (Å²) in [4.78, 5) is 13.3. The lowest BCUT2D eigenvalue weighted by Crippen LogP contribution is -2.62. The summed E-state index contributed by atoms with van der Waals surface area (Å²) in [6.07, 6.45) is 1.42. The number of methoxy groups -OCH3 is 1. The number of amides is 1. The number of benzene rings is 1. The van der Waals surface area contributed by atoms with Crippen LogP contribution in [0, 0.1) is 11.7 Å². The highest BCUT2D eigenvalue weighted by Gasteiger charge is 2.41. The summed E-state index contributed by atoms with van der Waals surface area (Å²) >= 11 is 0. The number of carbonyl (C=O) groups excluding carboxylic acids is 1. The van der Waals surface area contributed by atoms with Crippen LogP contribution in [0.1, 0.15) is 12.8 Å². The molecule has 0 atom stereocenters. The minimum atomic E-state index is -3.71. The predicted molar refractivity (Wildman–Crippen MR) is 89.0 cm³/mol. The number of halogens is 1. The highest BCUT2D eigenvalue weighted by molar-refractivity contribution is 7.89. The van der Waals surface area contributed by atoms with Gasteiger partial charge in [-0.15, -0.1) is 0 Å². The topological polar surface area (TPSA) is 92.9 Å². The van der Waals surface area contributed by atoms with Crippen molar-refractivity contribution in [1.82, 2.24) is 9.21 Å². The zero-order valence-corrected chi connectivity index (χ0v) is 14.8. The fourth-order valence-corrected chi connectivity index (χ4v) is 4.88. The Kier molecular flexibility index (Phi) is 4.99. The van der Waals surface area contributed by atoms with E-state index in [0.717, 1.165) is 19.2 Å². The van der Waals surface area contributed by atoms with Gasteiger partial charge in [0.1, 0.15) is 0 Å². The maximum atomic E-state index is 13.8. The number of piperidine rings is 1. The number of likely N-dealkylation sites (tertiary alicyclic amines) is 1. The van der Waals surface area contributed by atoms with E-state index in [1.807, 2.05) is 0 Å². The van der Waals surface area contributed by atoms with Gasteiger partial charge in [-0.2, -0.15) is 4.31 Å². The van der Waals surface area contributed by atoms with Crippen molar-refractivity contribution in [2.75, 3.05) is 33.3 Å². The van der Waals surface area contributed by atoms with Gasteiger partial charge >= 0.3 is 0 Å². The van der Waals surface area contributed by atoms with Crippen LogP contribution in [0.15, 0.2) is 23.1 Å². The maximum Gasteiger partial charge on any atom is 0.243 e. The number of rotatable bonds is 5. The van der Waals surface area contributed by atoms with Crippen LogP contribution in [0.2, 0.25) is 0 Å². The molecule has 25 heavy (non-hydrogen) atoms. The van der Waals surface area contributed by atoms with E-state index < -0.39 is 15.8 Å². The first-order valence-electron chi connectivity index (χ1n) is 8.20. The Hall–Kier alpha value is -1.71. The van der Waals surface area contributed by atoms with E-state index in [1.54, 1.807) is 0 Å². The fourth-order valence-electron chi connectivity index (χ4n) is 3.35. The molecule has 9 heteroatoms. The van der Waals surface area contributed by atoms with E-state index in [4.69, 9.17) is 10.5 Å². The Bertz CT molecular complexity index is 757. The second-order valence-corrected chi connectivity index (χ2v) is 8.42. The highest BCUT2D eigenvalue weighted by Crippen LogP contribution is 2.29. The van der Waals surface area contributed by atoms with Crippen molar-refractivity contribution in [3.8, 4) is 5.75 Å². The molecule has 0 aliphatic carbocycles. The van der Waals surface area contributed by atoms with Crippen molar-refractivity contribution >= 4 is 15.9 Å². The molecule has 1 aromatic rings. The molecule has 2 aliphatic heterocycles. The van der Waals surface area contributed by atoms with E-state index in [9.17, 15) is 17.6 Å². The van der Waals surface area contributed by atoms with Crippen molar-refractivity contribution in [1.29, 1.82) is 0 Å². The average molecular weight is 371 g/mol. The SMILES string of the molecule is COc1ccc(S(=O)(=O)N2CC(N3CCC(C(N)=O)CC3)C2)cc1F. The summed E-state index contributed by atoms with van der Waals surface area (Å²) in [6, 6.07) is 3.78. The number of nitrogens with zero attached hydrogens (tertiary/aromatic N) is 2. The average Bonchev–Trinajstić information content (AvgIpc) is 2.53. The lowest BCUT2D eigenvalue weighted by atomic mass is 9.94. The van der Waals surface area contributed by atoms with Crippen molar-refractivity contribution in [2.24, 2.45) is 11.7 Å². The van der Waals surface area contributed by atoms with E-state index in [2.05, 4.69) is 4.90 Å². The number of sulfonamides is 1. The number of carbonyl (C=O) groups is 1. The zero-order valence-electron chi connectivity index (χ0n) is 14.0. The van der Waals surface area contributed by atoms with Crippen LogP contribution >= 0.6 is 0 Å². The molecule has 0 aromatic heterocycles. The molecule has 0 radical (unpaired) electrons. The zero-order chi connectivity index (χ0) is 18.2. The van der Waals surface area contributed by atoms with E-state index in [-0.39, 0.29) is 28.5 Å². The summed E-state index contributed by atoms with van der Waals surface area (Å²) in [5, 5.41) is 0. The van der Waals surface area contributed by atoms with Gasteiger partial charge in [0.05, 0.1) is 12.0 Å². The van der Waals surface area contributed by atoms with E-state index in [1.165, 1.54) is 23.5 Å². The Morgan fingerprint density at radius 1 is 1.28 bits per heavy atom. The first-order chi connectivity index (χ1) is 11.8. The fraction of sp³-hybridized carbons (Fsp3) is 0.562. The van der Waals surface area contributed by atoms with Crippen molar-refractivity contribution in [3.63, 3.8) is 0 Å². The van der Waals surface area contributed by atoms with Crippen LogP contribution in [0.5, 0.6) is 5.75 Å². The van der Waals surface area contributed by atoms with Gasteiger partial charge < -0.3 is 10.5 Å². The van der Waals surface area contributed by atoms with Gasteiger partial charge in [0.25, 0.3) is 0 Å². The van der Waals surface area contributed by atoms with Gasteiger partial charge in [-0.25, -0.2) is 12.8 Å². The standard InChI is InChI=1S/C16H22FN3O4S/c1-24-15-3-2-13(8-14(15)17)25(22,23)20-9-12(10-20)19-6-4-11(5-7-19)16(18)21/h2-3,8,11-12H,4-7,9-10H2,1H3,(H2,18,21). The van der Waals surface area contributed by atoms with E-state index in [0.29, 0.717) is 25.9 Å². The Morgan fingerprint density at radius 2 is 1.92 bits per heavy atom. The number of hydrogen-bond acceptors (Lipinski definition) is 5. The maximum absolute atomic E-state index is 13.8. The Balaban J connectivity index is 1.60. The van der Waals surface area contributed by atoms with Crippen LogP contribution in [-0.2, 0) is 14.8 Å². The molecule has 2 saturated heterocycles. The number of hydrogen-bond donors (Lipinski definition) is 1. The summed E-state index contributed by atoms with van der Waals surface area (Å²) in [6.45, 7) is 2.22. The molecular formula is C16H22FN3O4S. The second kappa shape index (κ2) is 6.89. The summed E-state index contributed by atoms with van der Waals surface area (Å²) in [7, 11) is -2.38. The van der Waals surface area contributed by atoms with Crippen LogP contribution in [-0.4, -0.2) is 62.9 Å². The Morgan fingerprint density at radius 3 is 2.44 bits per heavy atom. The summed E-state index contributed by atoms with van der Waals surface area (Å²) in [5.41, 5.74) is 5.33. The van der Waals surface area contributed by atoms with Gasteiger partial charge in [0, 0.05) is 25.0 Å². The third-order valence-corrected chi connectivity index (χ3v) is 6.87. The smallest absolute Gasteiger partial charge is 0.243 e. The first kappa shape index (κ1) is 18.1. The summed E-state index contributed by atoms with van der Waals surface area (Å²) < 4.78 is 45.1. The molecule has 2 heterocycles. The Labute approximate surface area is 146 Å². The quantitative estimate of drug-likeness (QED) is 0.809. The summed E-state index contributed by atoms with van der Waals surface area (Å²) in [5.74, 6) is -1.04. The first-order valence-corrected chi connectivity index (χ1v) is 9.64. The molecule has 1 aromatic carbocycles. The van der Waals surface area contributed by atoms with Gasteiger partial charge in [-0.1, -0.05) is 0 Å². The number of ether oxygens (including phenoxy) is 1. The molecule has 0 bridgehead atoms. The van der Waals surface area contributed by atoms with Crippen molar-refractivity contribution in [2.45, 2.75) is 23.8 Å². The van der Waals surface area contributed by atoms with Gasteiger partial charge in [-0.05, 0) is 44.1 Å². The van der Waals surface area contributed by atoms with Crippen LogP contribution in [0.25, 0.3) is 0 Å². The molecule has 7 nitrogen and oxygen atoms in total. The monoisotopic (exact) mass is 371 g/mol. The lowest BCUT2D eigenvalue weighted by Gasteiger charge is -2.46. The number of nitrogens with two attached hydrogens (primary N) is 1. The van der Waals surface area contributed by atoms with E-state index >= 15 is 0 Å². The molecule has 138 valence electrons. The predicted octanol–water partition coefficient (Wildman–Crippen LogP) is 0.405. The van der Waals surface area contributed by atoms with Crippen LogP contribution < -0.4 is 10.5 Å². The molecule has 0 saturated carbocycles. The minimum absolute atomic E-state index is 0.0118. The number of primary amides is 1. The van der Waals surface area contributed by atoms with Gasteiger partial charge in [0.2, 0.25) is 15.9 Å². The third-order valence-electron chi connectivity index (χ3n) is 5.04. The molecular weight excluding hydrogens is 349 g/mol. The largest absolute Gasteiger partial charge is 0.494 e. The molecule has 3 rings (SSSR count). The van der Waals surface area contributed by atoms with Crippen molar-refractivity contribution < 1.29 is 22.3 Å². The highest BCUT2D eigenvalue weighted by atomic mass is 32.2. The van der Waals surface area contributed by atoms with Crippen LogP contribution in [0.3, 0.4) is 0 Å².